The van der Waals surface area contributed by atoms with E-state index in [1.807, 2.05) is 24.3 Å². The van der Waals surface area contributed by atoms with Gasteiger partial charge in [0.05, 0.1) is 21.7 Å². The summed E-state index contributed by atoms with van der Waals surface area (Å²) < 4.78 is 27.1. The Labute approximate surface area is 183 Å². The van der Waals surface area contributed by atoms with Crippen molar-refractivity contribution >= 4 is 26.9 Å². The van der Waals surface area contributed by atoms with E-state index >= 15 is 0 Å². The van der Waals surface area contributed by atoms with Crippen LogP contribution in [0.1, 0.15) is 50.5 Å². The van der Waals surface area contributed by atoms with Gasteiger partial charge in [-0.1, -0.05) is 58.9 Å². The van der Waals surface area contributed by atoms with Crippen LogP contribution >= 0.6 is 0 Å². The fourth-order valence-electron chi connectivity index (χ4n) is 3.54. The Balaban J connectivity index is 2.16. The quantitative estimate of drug-likeness (QED) is 0.587. The average molecular weight is 441 g/mol. The smallest absolute Gasteiger partial charge is 0.336 e. The molecule has 3 rings (SSSR count). The molecule has 1 N–H and O–H groups in total. The van der Waals surface area contributed by atoms with Crippen molar-refractivity contribution in [2.45, 2.75) is 44.9 Å². The van der Waals surface area contributed by atoms with E-state index in [2.05, 4.69) is 25.8 Å². The molecule has 0 amide bonds. The molecular weight excluding hydrogens is 412 g/mol. The van der Waals surface area contributed by atoms with Crippen LogP contribution in [0.4, 0.5) is 0 Å². The number of nitrogens with zero attached hydrogens (tertiary/aromatic N) is 2. The van der Waals surface area contributed by atoms with Crippen molar-refractivity contribution in [3.63, 3.8) is 0 Å². The maximum Gasteiger partial charge on any atom is 0.336 e. The van der Waals surface area contributed by atoms with Gasteiger partial charge in [0.2, 0.25) is 10.0 Å². The highest BCUT2D eigenvalue weighted by Crippen LogP contribution is 2.30. The molecule has 2 aromatic carbocycles. The Morgan fingerprint density at radius 2 is 1.61 bits per heavy atom. The lowest BCUT2D eigenvalue weighted by Gasteiger charge is -2.19. The van der Waals surface area contributed by atoms with Gasteiger partial charge >= 0.3 is 5.97 Å². The minimum Gasteiger partial charge on any atom is -0.478 e. The van der Waals surface area contributed by atoms with Crippen LogP contribution in [-0.2, 0) is 15.4 Å². The lowest BCUT2D eigenvalue weighted by Crippen LogP contribution is -2.30. The highest BCUT2D eigenvalue weighted by molar-refractivity contribution is 7.89. The van der Waals surface area contributed by atoms with Crippen LogP contribution in [0.3, 0.4) is 0 Å². The average Bonchev–Trinajstić information content (AvgIpc) is 2.72. The molecular formula is C24H28N2O4S. The zero-order valence-corrected chi connectivity index (χ0v) is 19.3. The van der Waals surface area contributed by atoms with E-state index in [0.29, 0.717) is 29.7 Å². The normalized spacial score (nSPS) is 12.5. The summed E-state index contributed by atoms with van der Waals surface area (Å²) in [6, 6.07) is 13.9. The monoisotopic (exact) mass is 440 g/mol. The topological polar surface area (TPSA) is 87.6 Å². The molecule has 0 saturated heterocycles. The molecule has 31 heavy (non-hydrogen) atoms. The van der Waals surface area contributed by atoms with Gasteiger partial charge in [0, 0.05) is 24.0 Å². The lowest BCUT2D eigenvalue weighted by molar-refractivity contribution is 0.0699. The molecule has 7 heteroatoms. The SMILES string of the molecule is CCN(CC)S(=O)(=O)c1ccc2nc(-c3ccc(C(C)(C)C)cc3)cc(C(=O)O)c2c1. The minimum absolute atomic E-state index is 0.00826. The molecule has 0 spiro atoms. The van der Waals surface area contributed by atoms with Gasteiger partial charge in [0.15, 0.2) is 0 Å². The number of fused-ring (bicyclic) bond motifs is 1. The van der Waals surface area contributed by atoms with E-state index in [1.165, 1.54) is 28.1 Å². The highest BCUT2D eigenvalue weighted by atomic mass is 32.2. The van der Waals surface area contributed by atoms with Crippen LogP contribution in [-0.4, -0.2) is 41.9 Å². The Kier molecular flexibility index (Phi) is 6.21. The largest absolute Gasteiger partial charge is 0.478 e. The standard InChI is InChI=1S/C24H28N2O4S/c1-6-26(7-2)31(29,30)18-12-13-21-19(14-18)20(23(27)28)15-22(25-21)16-8-10-17(11-9-16)24(3,4)5/h8-15H,6-7H2,1-5H3,(H,27,28). The Morgan fingerprint density at radius 3 is 2.13 bits per heavy atom. The number of carboxylic acids is 1. The number of benzene rings is 2. The summed E-state index contributed by atoms with van der Waals surface area (Å²) in [7, 11) is -3.70. The molecule has 6 nitrogen and oxygen atoms in total. The molecule has 1 heterocycles. The molecule has 0 fully saturated rings. The highest BCUT2D eigenvalue weighted by Gasteiger charge is 2.23. The van der Waals surface area contributed by atoms with E-state index in [-0.39, 0.29) is 15.9 Å². The first-order valence-corrected chi connectivity index (χ1v) is 11.7. The first-order chi connectivity index (χ1) is 14.5. The van der Waals surface area contributed by atoms with Crippen LogP contribution in [0.2, 0.25) is 0 Å². The van der Waals surface area contributed by atoms with Crippen molar-refractivity contribution in [3.05, 3.63) is 59.7 Å². The van der Waals surface area contributed by atoms with Gasteiger partial charge in [-0.3, -0.25) is 0 Å². The van der Waals surface area contributed by atoms with E-state index < -0.39 is 16.0 Å². The van der Waals surface area contributed by atoms with E-state index in [9.17, 15) is 18.3 Å². The molecule has 0 aliphatic heterocycles. The predicted molar refractivity (Wildman–Crippen MR) is 123 cm³/mol. The van der Waals surface area contributed by atoms with Crippen molar-refractivity contribution in [3.8, 4) is 11.3 Å². The summed E-state index contributed by atoms with van der Waals surface area (Å²) in [5.41, 5.74) is 2.97. The fraction of sp³-hybridized carbons (Fsp3) is 0.333. The van der Waals surface area contributed by atoms with Gasteiger partial charge in [0.1, 0.15) is 0 Å². The number of carbonyl (C=O) groups is 1. The van der Waals surface area contributed by atoms with E-state index in [1.54, 1.807) is 19.9 Å². The summed E-state index contributed by atoms with van der Waals surface area (Å²) in [6.07, 6.45) is 0. The molecule has 3 aromatic rings. The second kappa shape index (κ2) is 8.40. The van der Waals surface area contributed by atoms with Crippen LogP contribution in [0.25, 0.3) is 22.2 Å². The van der Waals surface area contributed by atoms with Crippen molar-refractivity contribution < 1.29 is 18.3 Å². The first-order valence-electron chi connectivity index (χ1n) is 10.3. The van der Waals surface area contributed by atoms with Crippen molar-refractivity contribution in [1.29, 1.82) is 0 Å². The van der Waals surface area contributed by atoms with Crippen LogP contribution in [0.15, 0.2) is 53.4 Å². The molecule has 0 radical (unpaired) electrons. The summed E-state index contributed by atoms with van der Waals surface area (Å²) in [4.78, 5) is 16.7. The molecule has 0 aliphatic carbocycles. The van der Waals surface area contributed by atoms with Crippen LogP contribution < -0.4 is 0 Å². The zero-order chi connectivity index (χ0) is 23.0. The molecule has 0 bridgehead atoms. The fourth-order valence-corrected chi connectivity index (χ4v) is 5.03. The lowest BCUT2D eigenvalue weighted by atomic mass is 9.86. The molecule has 0 saturated carbocycles. The Hall–Kier alpha value is -2.77. The summed E-state index contributed by atoms with van der Waals surface area (Å²) in [5.74, 6) is -1.13. The van der Waals surface area contributed by atoms with E-state index in [4.69, 9.17) is 0 Å². The van der Waals surface area contributed by atoms with Crippen LogP contribution in [0.5, 0.6) is 0 Å². The minimum atomic E-state index is -3.70. The second-order valence-corrected chi connectivity index (χ2v) is 10.4. The van der Waals surface area contributed by atoms with Gasteiger partial charge in [-0.05, 0) is 35.2 Å². The Bertz CT molecular complexity index is 1220. The predicted octanol–water partition coefficient (Wildman–Crippen LogP) is 4.93. The number of aromatic nitrogens is 1. The van der Waals surface area contributed by atoms with Gasteiger partial charge in [0.25, 0.3) is 0 Å². The van der Waals surface area contributed by atoms with Crippen molar-refractivity contribution in [2.75, 3.05) is 13.1 Å². The van der Waals surface area contributed by atoms with E-state index in [0.717, 1.165) is 5.56 Å². The number of pyridine rings is 1. The number of carboxylic acid groups (broad SMARTS) is 1. The number of aromatic carboxylic acids is 1. The third kappa shape index (κ3) is 4.48. The molecule has 0 unspecified atom stereocenters. The molecule has 164 valence electrons. The maximum atomic E-state index is 12.9. The number of hydrogen-bond donors (Lipinski definition) is 1. The third-order valence-electron chi connectivity index (χ3n) is 5.40. The third-order valence-corrected chi connectivity index (χ3v) is 7.45. The zero-order valence-electron chi connectivity index (χ0n) is 18.5. The van der Waals surface area contributed by atoms with Gasteiger partial charge in [-0.25, -0.2) is 18.2 Å². The number of hydrogen-bond acceptors (Lipinski definition) is 4. The van der Waals surface area contributed by atoms with Gasteiger partial charge in [-0.2, -0.15) is 4.31 Å². The summed E-state index contributed by atoms with van der Waals surface area (Å²) in [6.45, 7) is 10.6. The second-order valence-electron chi connectivity index (χ2n) is 8.46. The summed E-state index contributed by atoms with van der Waals surface area (Å²) >= 11 is 0. The molecule has 0 aliphatic rings. The maximum absolute atomic E-state index is 12.9. The first kappa shape index (κ1) is 22.9. The number of sulfonamides is 1. The van der Waals surface area contributed by atoms with Gasteiger partial charge in [-0.15, -0.1) is 0 Å². The Morgan fingerprint density at radius 1 is 1.00 bits per heavy atom. The van der Waals surface area contributed by atoms with Gasteiger partial charge < -0.3 is 5.11 Å². The molecule has 1 aromatic heterocycles. The molecule has 0 atom stereocenters. The van der Waals surface area contributed by atoms with Crippen LogP contribution in [0, 0.1) is 0 Å². The van der Waals surface area contributed by atoms with Crippen molar-refractivity contribution in [2.24, 2.45) is 0 Å². The number of rotatable bonds is 6. The van der Waals surface area contributed by atoms with Crippen molar-refractivity contribution in [1.82, 2.24) is 9.29 Å². The summed E-state index contributed by atoms with van der Waals surface area (Å²) in [5, 5.41) is 10.1.